The van der Waals surface area contributed by atoms with Crippen molar-refractivity contribution in [3.8, 4) is 0 Å². The van der Waals surface area contributed by atoms with Crippen molar-refractivity contribution in [1.82, 2.24) is 19.6 Å². The second-order valence-corrected chi connectivity index (χ2v) is 22.2. The largest absolute Gasteiger partial charge is 0.394 e. The molecule has 0 radical (unpaired) electrons. The lowest BCUT2D eigenvalue weighted by molar-refractivity contribution is 0.0421. The van der Waals surface area contributed by atoms with Crippen LogP contribution in [0.3, 0.4) is 0 Å². The maximum atomic E-state index is 12.9. The average molecular weight is 1030 g/mol. The van der Waals surface area contributed by atoms with Crippen LogP contribution in [0.4, 0.5) is 0 Å². The Labute approximate surface area is 454 Å². The Bertz CT molecular complexity index is 2490. The first-order chi connectivity index (χ1) is 36.2. The lowest BCUT2D eigenvalue weighted by Crippen LogP contribution is -2.52. The van der Waals surface area contributed by atoms with Crippen LogP contribution in [0.2, 0.25) is 0 Å². The van der Waals surface area contributed by atoms with Gasteiger partial charge in [0.25, 0.3) is 11.8 Å². The minimum atomic E-state index is -0.418. The molecular formula is C66H84N6O4. The lowest BCUT2D eigenvalue weighted by atomic mass is 9.99. The van der Waals surface area contributed by atoms with Gasteiger partial charge in [0, 0.05) is 74.5 Å². The number of imide groups is 1. The van der Waals surface area contributed by atoms with Crippen LogP contribution in [0.5, 0.6) is 0 Å². The van der Waals surface area contributed by atoms with Crippen molar-refractivity contribution in [1.29, 1.82) is 0 Å². The third-order valence-corrected chi connectivity index (χ3v) is 13.6. The fourth-order valence-electron chi connectivity index (χ4n) is 8.37. The number of nitrogens with zero attached hydrogens (tertiary/aromatic N) is 4. The average Bonchev–Trinajstić information content (AvgIpc) is 3.69. The highest BCUT2D eigenvalue weighted by Gasteiger charge is 2.40. The van der Waals surface area contributed by atoms with Crippen molar-refractivity contribution in [3.63, 3.8) is 0 Å². The molecule has 6 N–H and O–H groups in total. The number of rotatable bonds is 20. The molecule has 8 rings (SSSR count). The fourth-order valence-corrected chi connectivity index (χ4v) is 8.37. The number of nitrogens with two attached hydrogens (primary N) is 2. The Kier molecular flexibility index (Phi) is 23.0. The number of hydrogen-bond acceptors (Lipinski definition) is 9. The molecule has 7 aromatic carbocycles. The van der Waals surface area contributed by atoms with E-state index in [0.717, 1.165) is 39.3 Å². The summed E-state index contributed by atoms with van der Waals surface area (Å²) in [7, 11) is 0. The molecule has 0 saturated heterocycles. The van der Waals surface area contributed by atoms with Gasteiger partial charge in [-0.15, -0.1) is 0 Å². The number of aliphatic hydroxyl groups is 2. The molecule has 7 aromatic rings. The van der Waals surface area contributed by atoms with Gasteiger partial charge in [-0.05, 0) is 101 Å². The van der Waals surface area contributed by atoms with Gasteiger partial charge in [-0.2, -0.15) is 0 Å². The molecule has 0 bridgehead atoms. The number of carbonyl (C=O) groups is 2. The lowest BCUT2D eigenvalue weighted by Gasteiger charge is -2.40. The molecule has 2 amide bonds. The van der Waals surface area contributed by atoms with Gasteiger partial charge < -0.3 is 21.7 Å². The highest BCUT2D eigenvalue weighted by atomic mass is 16.3. The molecule has 1 aliphatic rings. The number of fused-ring (bicyclic) bond motifs is 1. The predicted molar refractivity (Wildman–Crippen MR) is 312 cm³/mol. The quantitative estimate of drug-likeness (QED) is 0.0550. The molecular weight excluding hydrogens is 941 g/mol. The molecule has 0 aliphatic carbocycles. The molecule has 0 unspecified atom stereocenters. The van der Waals surface area contributed by atoms with Crippen molar-refractivity contribution in [3.05, 3.63) is 251 Å². The SMILES string of the molecule is CC(C)(CN)N(Cc1ccccc1)Cc1ccccc1.CC(C)(CN1C(=O)c2ccccc2C1=O)N(Cc1ccccc1)Cc1ccccc1.CC(C)(CO)N(Cc1ccccc1)Cc1ccccc1.CC(C)(N)CO. The molecule has 0 fully saturated rings. The van der Waals surface area contributed by atoms with E-state index in [1.807, 2.05) is 48.5 Å². The topological polar surface area (TPSA) is 140 Å². The summed E-state index contributed by atoms with van der Waals surface area (Å²) in [6.45, 7) is 22.5. The predicted octanol–water partition coefficient (Wildman–Crippen LogP) is 11.4. The van der Waals surface area contributed by atoms with Gasteiger partial charge in [-0.1, -0.05) is 194 Å². The van der Waals surface area contributed by atoms with Gasteiger partial charge in [-0.25, -0.2) is 0 Å². The van der Waals surface area contributed by atoms with Crippen LogP contribution in [0.15, 0.2) is 206 Å². The summed E-state index contributed by atoms with van der Waals surface area (Å²) in [5.41, 5.74) is 18.7. The van der Waals surface area contributed by atoms with Gasteiger partial charge in [0.05, 0.1) is 24.3 Å². The summed E-state index contributed by atoms with van der Waals surface area (Å²) >= 11 is 0. The number of hydrogen-bond donors (Lipinski definition) is 4. The van der Waals surface area contributed by atoms with Crippen LogP contribution in [0.25, 0.3) is 0 Å². The summed E-state index contributed by atoms with van der Waals surface area (Å²) in [4.78, 5) is 34.3. The molecule has 1 aliphatic heterocycles. The van der Waals surface area contributed by atoms with E-state index in [1.54, 1.807) is 38.1 Å². The van der Waals surface area contributed by atoms with Crippen LogP contribution in [0, 0.1) is 0 Å². The van der Waals surface area contributed by atoms with Crippen LogP contribution in [0.1, 0.15) is 109 Å². The van der Waals surface area contributed by atoms with Crippen LogP contribution >= 0.6 is 0 Å². The second kappa shape index (κ2) is 29.1. The summed E-state index contributed by atoms with van der Waals surface area (Å²) in [5.74, 6) is -0.411. The first kappa shape index (κ1) is 60.3. The monoisotopic (exact) mass is 1020 g/mol. The number of amides is 2. The summed E-state index contributed by atoms with van der Waals surface area (Å²) in [6, 6.07) is 69.6. The van der Waals surface area contributed by atoms with Crippen molar-refractivity contribution >= 4 is 11.8 Å². The molecule has 0 atom stereocenters. The number of aliphatic hydroxyl groups excluding tert-OH is 2. The standard InChI is InChI=1S/C26H26N2O2.C18H24N2.C18H23NO.C4H11NO/c1-26(2,19-28-24(29)22-15-9-10-16-23(22)25(28)30)27(17-20-11-5-3-6-12-20)18-21-13-7-4-8-14-21;1-18(2,15-19)20(13-16-9-5-3-6-10-16)14-17-11-7-4-8-12-17;1-18(2,15-20)19(13-16-9-5-3-6-10-16)14-17-11-7-4-8-12-17;1-4(2,5)3-6/h3-16H,17-19H2,1-2H3;3-12H,13-15,19H2,1-2H3;3-12,20H,13-15H2,1-2H3;6H,3,5H2,1-2H3. The Balaban J connectivity index is 0.000000205. The van der Waals surface area contributed by atoms with Crippen LogP contribution < -0.4 is 11.5 Å². The van der Waals surface area contributed by atoms with Crippen molar-refractivity contribution in [2.75, 3.05) is 26.3 Å². The zero-order chi connectivity index (χ0) is 55.2. The van der Waals surface area contributed by atoms with E-state index in [0.29, 0.717) is 24.2 Å². The maximum absolute atomic E-state index is 12.9. The fraction of sp³-hybridized carbons (Fsp3) is 0.333. The van der Waals surface area contributed by atoms with Gasteiger partial charge in [0.1, 0.15) is 0 Å². The minimum Gasteiger partial charge on any atom is -0.394 e. The van der Waals surface area contributed by atoms with E-state index < -0.39 is 11.1 Å². The van der Waals surface area contributed by atoms with E-state index in [4.69, 9.17) is 16.6 Å². The van der Waals surface area contributed by atoms with E-state index >= 15 is 0 Å². The molecule has 10 nitrogen and oxygen atoms in total. The second-order valence-electron chi connectivity index (χ2n) is 22.2. The third-order valence-electron chi connectivity index (χ3n) is 13.6. The Hall–Kier alpha value is -6.60. The Morgan fingerprint density at radius 3 is 0.816 bits per heavy atom. The molecule has 0 spiro atoms. The molecule has 76 heavy (non-hydrogen) atoms. The molecule has 0 saturated carbocycles. The molecule has 10 heteroatoms. The van der Waals surface area contributed by atoms with Crippen molar-refractivity contribution < 1.29 is 19.8 Å². The van der Waals surface area contributed by atoms with Gasteiger partial charge in [0.2, 0.25) is 0 Å². The van der Waals surface area contributed by atoms with E-state index in [2.05, 4.69) is 190 Å². The highest BCUT2D eigenvalue weighted by molar-refractivity contribution is 6.21. The third kappa shape index (κ3) is 19.2. The van der Waals surface area contributed by atoms with Crippen molar-refractivity contribution in [2.24, 2.45) is 11.5 Å². The summed E-state index contributed by atoms with van der Waals surface area (Å²) in [5, 5.41) is 18.0. The normalized spacial score (nSPS) is 12.6. The first-order valence-electron chi connectivity index (χ1n) is 26.4. The highest BCUT2D eigenvalue weighted by Crippen LogP contribution is 2.29. The molecule has 1 heterocycles. The zero-order valence-corrected chi connectivity index (χ0v) is 46.4. The van der Waals surface area contributed by atoms with Gasteiger partial charge in [0.15, 0.2) is 0 Å². The first-order valence-corrected chi connectivity index (χ1v) is 26.4. The van der Waals surface area contributed by atoms with E-state index in [9.17, 15) is 14.7 Å². The Morgan fingerprint density at radius 2 is 0.592 bits per heavy atom. The maximum Gasteiger partial charge on any atom is 0.261 e. The zero-order valence-electron chi connectivity index (χ0n) is 46.4. The number of carbonyl (C=O) groups excluding carboxylic acids is 2. The van der Waals surface area contributed by atoms with Crippen LogP contribution in [-0.2, 0) is 39.3 Å². The van der Waals surface area contributed by atoms with Crippen LogP contribution in [-0.4, -0.2) is 90.1 Å². The summed E-state index contributed by atoms with van der Waals surface area (Å²) < 4.78 is 0. The van der Waals surface area contributed by atoms with Crippen molar-refractivity contribution in [2.45, 2.75) is 117 Å². The van der Waals surface area contributed by atoms with Gasteiger partial charge in [-0.3, -0.25) is 29.2 Å². The molecule has 0 aromatic heterocycles. The Morgan fingerprint density at radius 1 is 0.368 bits per heavy atom. The minimum absolute atomic E-state index is 0.0221. The van der Waals surface area contributed by atoms with E-state index in [-0.39, 0.29) is 36.1 Å². The number of benzene rings is 7. The van der Waals surface area contributed by atoms with E-state index in [1.165, 1.54) is 38.3 Å². The molecule has 402 valence electrons. The summed E-state index contributed by atoms with van der Waals surface area (Å²) in [6.07, 6.45) is 0. The van der Waals surface area contributed by atoms with Gasteiger partial charge >= 0.3 is 0 Å². The smallest absolute Gasteiger partial charge is 0.261 e.